The average molecular weight is 272 g/mol. The molecule has 2 N–H and O–H groups in total. The van der Waals surface area contributed by atoms with Crippen LogP contribution < -0.4 is 5.73 Å². The van der Waals surface area contributed by atoms with Gasteiger partial charge >= 0.3 is 0 Å². The molecule has 2 unspecified atom stereocenters. The molecule has 0 bridgehead atoms. The molecule has 1 aliphatic heterocycles. The van der Waals surface area contributed by atoms with Crippen LogP contribution in [-0.4, -0.2) is 35.0 Å². The summed E-state index contributed by atoms with van der Waals surface area (Å²) >= 11 is 0. The van der Waals surface area contributed by atoms with Crippen LogP contribution in [0.15, 0.2) is 11.2 Å². The molecule has 2 rings (SSSR count). The van der Waals surface area contributed by atoms with Crippen LogP contribution in [0.4, 0.5) is 0 Å². The molecule has 102 valence electrons. The quantitative estimate of drug-likeness (QED) is 0.846. The van der Waals surface area contributed by atoms with E-state index < -0.39 is 16.2 Å². The molecular formula is C11H20N4O2S. The number of nitrogens with two attached hydrogens (primary N) is 1. The lowest BCUT2D eigenvalue weighted by molar-refractivity contribution is 0.192. The third-order valence-electron chi connectivity index (χ3n) is 3.61. The van der Waals surface area contributed by atoms with Crippen molar-refractivity contribution < 1.29 is 8.42 Å². The standard InChI is InChI=1S/C11H20N4O2S/c1-8-5-4-6-15(11(8)12)18(16,17)10-7-14(3)9(2)13-10/h7-8,11H,4-6,12H2,1-3H3. The van der Waals surface area contributed by atoms with Crippen molar-refractivity contribution in [3.63, 3.8) is 0 Å². The van der Waals surface area contributed by atoms with Gasteiger partial charge in [0, 0.05) is 19.8 Å². The first-order valence-electron chi connectivity index (χ1n) is 6.11. The van der Waals surface area contributed by atoms with Gasteiger partial charge in [-0.15, -0.1) is 0 Å². The molecule has 2 heterocycles. The highest BCUT2D eigenvalue weighted by molar-refractivity contribution is 7.89. The van der Waals surface area contributed by atoms with E-state index in [1.54, 1.807) is 18.5 Å². The van der Waals surface area contributed by atoms with E-state index in [1.807, 2.05) is 6.92 Å². The number of imidazole rings is 1. The number of aryl methyl sites for hydroxylation is 2. The second-order valence-electron chi connectivity index (χ2n) is 4.96. The molecule has 2 atom stereocenters. The summed E-state index contributed by atoms with van der Waals surface area (Å²) in [5.41, 5.74) is 6.00. The Morgan fingerprint density at radius 2 is 2.17 bits per heavy atom. The van der Waals surface area contributed by atoms with E-state index in [1.165, 1.54) is 10.5 Å². The summed E-state index contributed by atoms with van der Waals surface area (Å²) < 4.78 is 28.0. The molecule has 1 aromatic heterocycles. The van der Waals surface area contributed by atoms with Crippen LogP contribution in [0.25, 0.3) is 0 Å². The molecule has 7 heteroatoms. The van der Waals surface area contributed by atoms with Crippen molar-refractivity contribution in [2.45, 2.75) is 37.9 Å². The van der Waals surface area contributed by atoms with Crippen LogP contribution in [0.3, 0.4) is 0 Å². The number of piperidine rings is 1. The number of aromatic nitrogens is 2. The zero-order valence-corrected chi connectivity index (χ0v) is 11.8. The predicted molar refractivity (Wildman–Crippen MR) is 68.2 cm³/mol. The molecule has 18 heavy (non-hydrogen) atoms. The lowest BCUT2D eigenvalue weighted by atomic mass is 9.99. The van der Waals surface area contributed by atoms with Crippen molar-refractivity contribution in [1.82, 2.24) is 13.9 Å². The second-order valence-corrected chi connectivity index (χ2v) is 6.80. The minimum atomic E-state index is -3.57. The van der Waals surface area contributed by atoms with Gasteiger partial charge in [-0.2, -0.15) is 4.31 Å². The van der Waals surface area contributed by atoms with Gasteiger partial charge in [-0.1, -0.05) is 6.92 Å². The van der Waals surface area contributed by atoms with Crippen molar-refractivity contribution in [3.8, 4) is 0 Å². The molecule has 6 nitrogen and oxygen atoms in total. The average Bonchev–Trinajstić information content (AvgIpc) is 2.63. The largest absolute Gasteiger partial charge is 0.337 e. The molecular weight excluding hydrogens is 252 g/mol. The van der Waals surface area contributed by atoms with Gasteiger partial charge in [0.25, 0.3) is 10.0 Å². The maximum absolute atomic E-state index is 12.5. The molecule has 1 aromatic rings. The van der Waals surface area contributed by atoms with Gasteiger partial charge in [0.15, 0.2) is 5.03 Å². The molecule has 0 spiro atoms. The summed E-state index contributed by atoms with van der Waals surface area (Å²) in [5, 5.41) is 0.0899. The van der Waals surface area contributed by atoms with Crippen LogP contribution in [0.5, 0.6) is 0 Å². The fraction of sp³-hybridized carbons (Fsp3) is 0.727. The highest BCUT2D eigenvalue weighted by Gasteiger charge is 2.36. The molecule has 1 fully saturated rings. The zero-order chi connectivity index (χ0) is 13.5. The lowest BCUT2D eigenvalue weighted by Gasteiger charge is -2.35. The van der Waals surface area contributed by atoms with Crippen molar-refractivity contribution in [2.75, 3.05) is 6.54 Å². The monoisotopic (exact) mass is 272 g/mol. The maximum Gasteiger partial charge on any atom is 0.263 e. The first-order valence-corrected chi connectivity index (χ1v) is 7.55. The van der Waals surface area contributed by atoms with Gasteiger partial charge in [-0.05, 0) is 25.7 Å². The van der Waals surface area contributed by atoms with Gasteiger partial charge in [-0.25, -0.2) is 13.4 Å². The Morgan fingerprint density at radius 3 is 2.72 bits per heavy atom. The molecule has 0 radical (unpaired) electrons. The van der Waals surface area contributed by atoms with Crippen molar-refractivity contribution in [1.29, 1.82) is 0 Å². The Hall–Kier alpha value is -0.920. The minimum absolute atomic E-state index is 0.0899. The number of sulfonamides is 1. The summed E-state index contributed by atoms with van der Waals surface area (Å²) in [6, 6.07) is 0. The van der Waals surface area contributed by atoms with E-state index in [2.05, 4.69) is 4.98 Å². The van der Waals surface area contributed by atoms with Crippen molar-refractivity contribution in [2.24, 2.45) is 18.7 Å². The van der Waals surface area contributed by atoms with E-state index >= 15 is 0 Å². The first kappa shape index (κ1) is 13.5. The second kappa shape index (κ2) is 4.64. The van der Waals surface area contributed by atoms with Crippen molar-refractivity contribution >= 4 is 10.0 Å². The van der Waals surface area contributed by atoms with Gasteiger partial charge in [0.05, 0.1) is 6.17 Å². The number of hydrogen-bond acceptors (Lipinski definition) is 4. The Morgan fingerprint density at radius 1 is 1.50 bits per heavy atom. The smallest absolute Gasteiger partial charge is 0.263 e. The topological polar surface area (TPSA) is 81.2 Å². The van der Waals surface area contributed by atoms with Crippen LogP contribution in [0, 0.1) is 12.8 Å². The van der Waals surface area contributed by atoms with Crippen LogP contribution in [-0.2, 0) is 17.1 Å². The van der Waals surface area contributed by atoms with Gasteiger partial charge in [-0.3, -0.25) is 0 Å². The minimum Gasteiger partial charge on any atom is -0.337 e. The third-order valence-corrected chi connectivity index (χ3v) is 5.38. The normalized spacial score (nSPS) is 26.4. The molecule has 0 saturated carbocycles. The summed E-state index contributed by atoms with van der Waals surface area (Å²) in [7, 11) is -1.79. The molecule has 1 aliphatic rings. The van der Waals surface area contributed by atoms with E-state index in [0.717, 1.165) is 12.8 Å². The Balaban J connectivity index is 2.36. The van der Waals surface area contributed by atoms with Crippen LogP contribution >= 0.6 is 0 Å². The fourth-order valence-electron chi connectivity index (χ4n) is 2.22. The Labute approximate surface area is 108 Å². The molecule has 0 amide bonds. The number of nitrogens with zero attached hydrogens (tertiary/aromatic N) is 3. The summed E-state index contributed by atoms with van der Waals surface area (Å²) in [5.74, 6) is 0.852. The highest BCUT2D eigenvalue weighted by atomic mass is 32.2. The molecule has 0 aromatic carbocycles. The fourth-order valence-corrected chi connectivity index (χ4v) is 3.90. The number of hydrogen-bond donors (Lipinski definition) is 1. The Bertz CT molecular complexity index is 518. The van der Waals surface area contributed by atoms with E-state index in [9.17, 15) is 8.42 Å². The third kappa shape index (κ3) is 2.17. The Kier molecular flexibility index (Phi) is 3.48. The van der Waals surface area contributed by atoms with Crippen LogP contribution in [0.1, 0.15) is 25.6 Å². The molecule has 0 aliphatic carbocycles. The van der Waals surface area contributed by atoms with E-state index in [4.69, 9.17) is 5.73 Å². The molecule has 1 saturated heterocycles. The van der Waals surface area contributed by atoms with Gasteiger partial charge < -0.3 is 10.3 Å². The van der Waals surface area contributed by atoms with E-state index in [-0.39, 0.29) is 10.9 Å². The maximum atomic E-state index is 12.5. The SMILES string of the molecule is Cc1nc(S(=O)(=O)N2CCCC(C)C2N)cn1C. The zero-order valence-electron chi connectivity index (χ0n) is 11.0. The van der Waals surface area contributed by atoms with Crippen molar-refractivity contribution in [3.05, 3.63) is 12.0 Å². The van der Waals surface area contributed by atoms with Crippen LogP contribution in [0.2, 0.25) is 0 Å². The van der Waals surface area contributed by atoms with E-state index in [0.29, 0.717) is 12.4 Å². The highest BCUT2D eigenvalue weighted by Crippen LogP contribution is 2.25. The number of rotatable bonds is 2. The summed E-state index contributed by atoms with van der Waals surface area (Å²) in [4.78, 5) is 4.09. The summed E-state index contributed by atoms with van der Waals surface area (Å²) in [6.07, 6.45) is 2.90. The van der Waals surface area contributed by atoms with Gasteiger partial charge in [0.2, 0.25) is 0 Å². The van der Waals surface area contributed by atoms with Gasteiger partial charge in [0.1, 0.15) is 5.82 Å². The predicted octanol–water partition coefficient (Wildman–Crippen LogP) is 0.434. The lowest BCUT2D eigenvalue weighted by Crippen LogP contribution is -2.52. The summed E-state index contributed by atoms with van der Waals surface area (Å²) in [6.45, 7) is 4.23. The first-order chi connectivity index (χ1) is 8.34.